The lowest BCUT2D eigenvalue weighted by Gasteiger charge is -2.60. The Kier molecular flexibility index (Phi) is 8.45. The van der Waals surface area contributed by atoms with Crippen LogP contribution in [0.15, 0.2) is 66.7 Å². The second kappa shape index (κ2) is 12.5. The molecule has 252 valence electrons. The Morgan fingerprint density at radius 3 is 2.54 bits per heavy atom. The standard InChI is InChI=1S/C39H41F3N2O4/c1-24(2)22-44(34(46)18-11-25-9-13-28(14-10-25)39(40,41)42)30-16-15-29-31-21-27-12-17-33(47-3)36-35(27)38(29,37(30)48-36)19-20-43(31)23-32(45)26-7-5-4-6-8-26/h4-10,12-14,17,24,29-32,37,45H,15-16,19-23H2,1-3H3/t29-,30-,31+,32?,37-,38-/m0/s1. The summed E-state index contributed by atoms with van der Waals surface area (Å²) in [5.41, 5.74) is 2.63. The number of β-amino-alcohol motifs (C(OH)–C–C–N with tert-alkyl or cyclic N) is 1. The summed E-state index contributed by atoms with van der Waals surface area (Å²) in [5.74, 6) is 7.12. The maximum absolute atomic E-state index is 14.0. The molecule has 48 heavy (non-hydrogen) atoms. The molecule has 1 unspecified atom stereocenters. The van der Waals surface area contributed by atoms with Crippen molar-refractivity contribution >= 4 is 5.91 Å². The minimum atomic E-state index is -4.44. The van der Waals surface area contributed by atoms with Crippen molar-refractivity contribution in [3.63, 3.8) is 0 Å². The van der Waals surface area contributed by atoms with Gasteiger partial charge in [-0.2, -0.15) is 13.2 Å². The number of nitrogens with zero attached hydrogens (tertiary/aromatic N) is 2. The predicted molar refractivity (Wildman–Crippen MR) is 176 cm³/mol. The van der Waals surface area contributed by atoms with E-state index in [1.807, 2.05) is 41.3 Å². The molecule has 2 heterocycles. The molecule has 0 radical (unpaired) electrons. The average Bonchev–Trinajstić information content (AvgIpc) is 3.42. The van der Waals surface area contributed by atoms with Crippen molar-refractivity contribution in [2.24, 2.45) is 11.8 Å². The van der Waals surface area contributed by atoms with Crippen LogP contribution < -0.4 is 9.47 Å². The number of aliphatic hydroxyl groups excluding tert-OH is 1. The van der Waals surface area contributed by atoms with Crippen LogP contribution in [0, 0.1) is 23.7 Å². The van der Waals surface area contributed by atoms with E-state index in [0.29, 0.717) is 24.4 Å². The van der Waals surface area contributed by atoms with Gasteiger partial charge in [-0.1, -0.05) is 56.2 Å². The molecule has 0 aromatic heterocycles. The van der Waals surface area contributed by atoms with Gasteiger partial charge in [0, 0.05) is 41.6 Å². The number of hydrogen-bond acceptors (Lipinski definition) is 5. The van der Waals surface area contributed by atoms with Crippen LogP contribution in [0.1, 0.15) is 67.0 Å². The molecule has 4 aliphatic rings. The minimum Gasteiger partial charge on any atom is -0.493 e. The van der Waals surface area contributed by atoms with Crippen LogP contribution in [0.2, 0.25) is 0 Å². The third-order valence-corrected chi connectivity index (χ3v) is 10.9. The quantitative estimate of drug-likeness (QED) is 0.298. The topological polar surface area (TPSA) is 62.2 Å². The van der Waals surface area contributed by atoms with E-state index in [1.54, 1.807) is 7.11 Å². The number of aliphatic hydroxyl groups is 1. The van der Waals surface area contributed by atoms with Crippen LogP contribution in [0.25, 0.3) is 0 Å². The van der Waals surface area contributed by atoms with Crippen LogP contribution in [-0.4, -0.2) is 65.7 Å². The summed E-state index contributed by atoms with van der Waals surface area (Å²) in [7, 11) is 1.65. The summed E-state index contributed by atoms with van der Waals surface area (Å²) >= 11 is 0. The summed E-state index contributed by atoms with van der Waals surface area (Å²) in [6, 6.07) is 18.5. The second-order valence-electron chi connectivity index (χ2n) is 14.1. The Labute approximate surface area is 279 Å². The minimum absolute atomic E-state index is 0.159. The molecule has 1 N–H and O–H groups in total. The zero-order valence-corrected chi connectivity index (χ0v) is 27.5. The van der Waals surface area contributed by atoms with Gasteiger partial charge in [-0.05, 0) is 85.5 Å². The van der Waals surface area contributed by atoms with Crippen molar-refractivity contribution in [1.82, 2.24) is 9.80 Å². The number of methoxy groups -OCH3 is 1. The van der Waals surface area contributed by atoms with Gasteiger partial charge in [-0.25, -0.2) is 0 Å². The molecule has 2 fully saturated rings. The second-order valence-corrected chi connectivity index (χ2v) is 14.1. The van der Waals surface area contributed by atoms with E-state index in [1.165, 1.54) is 23.3 Å². The largest absolute Gasteiger partial charge is 0.493 e. The van der Waals surface area contributed by atoms with Crippen LogP contribution in [0.5, 0.6) is 11.5 Å². The van der Waals surface area contributed by atoms with Crippen molar-refractivity contribution < 1.29 is 32.5 Å². The fourth-order valence-corrected chi connectivity index (χ4v) is 9.00. The lowest BCUT2D eigenvalue weighted by molar-refractivity contribution is -0.138. The molecule has 1 saturated carbocycles. The molecule has 3 aromatic rings. The molecule has 2 aliphatic carbocycles. The van der Waals surface area contributed by atoms with E-state index < -0.39 is 17.8 Å². The molecule has 9 heteroatoms. The summed E-state index contributed by atoms with van der Waals surface area (Å²) in [5, 5.41) is 11.2. The molecular weight excluding hydrogens is 617 g/mol. The highest BCUT2D eigenvalue weighted by Gasteiger charge is 2.66. The Bertz CT molecular complexity index is 1730. The van der Waals surface area contributed by atoms with Gasteiger partial charge < -0.3 is 19.5 Å². The molecule has 1 spiro atoms. The number of amides is 1. The molecule has 7 rings (SSSR count). The molecule has 6 nitrogen and oxygen atoms in total. The highest BCUT2D eigenvalue weighted by atomic mass is 19.4. The van der Waals surface area contributed by atoms with Crippen molar-refractivity contribution in [2.45, 2.75) is 75.4 Å². The maximum atomic E-state index is 14.0. The first-order valence-electron chi connectivity index (χ1n) is 16.8. The summed E-state index contributed by atoms with van der Waals surface area (Å²) in [4.78, 5) is 18.3. The number of benzene rings is 3. The Balaban J connectivity index is 1.22. The van der Waals surface area contributed by atoms with E-state index in [-0.39, 0.29) is 41.3 Å². The van der Waals surface area contributed by atoms with Gasteiger partial charge in [0.1, 0.15) is 6.10 Å². The SMILES string of the molecule is COc1ccc2c3c1O[C@H]1[C@@H](N(CC(C)C)C(=O)C#Cc4ccc(C(F)(F)F)cc4)CC[C@H]4[C@@H](C2)N(CC(O)c2ccccc2)CC[C@@]341. The number of carbonyl (C=O) groups excluding carboxylic acids is 1. The summed E-state index contributed by atoms with van der Waals surface area (Å²) in [6.45, 7) is 5.94. The lowest BCUT2D eigenvalue weighted by Crippen LogP contribution is -2.69. The molecule has 3 aromatic carbocycles. The van der Waals surface area contributed by atoms with Gasteiger partial charge in [0.15, 0.2) is 11.5 Å². The first-order chi connectivity index (χ1) is 23.0. The Morgan fingerprint density at radius 1 is 1.10 bits per heavy atom. The van der Waals surface area contributed by atoms with Gasteiger partial charge in [-0.3, -0.25) is 9.69 Å². The first kappa shape index (κ1) is 32.5. The zero-order valence-electron chi connectivity index (χ0n) is 27.5. The van der Waals surface area contributed by atoms with Gasteiger partial charge in [0.25, 0.3) is 5.91 Å². The van der Waals surface area contributed by atoms with Gasteiger partial charge in [0.05, 0.1) is 24.8 Å². The molecule has 2 bridgehead atoms. The van der Waals surface area contributed by atoms with Crippen molar-refractivity contribution in [1.29, 1.82) is 0 Å². The third-order valence-electron chi connectivity index (χ3n) is 10.9. The number of halogens is 3. The van der Waals surface area contributed by atoms with Crippen LogP contribution in [-0.2, 0) is 22.8 Å². The predicted octanol–water partition coefficient (Wildman–Crippen LogP) is 6.39. The smallest absolute Gasteiger partial charge is 0.416 e. The number of alkyl halides is 3. The highest BCUT2D eigenvalue weighted by Crippen LogP contribution is 2.64. The maximum Gasteiger partial charge on any atom is 0.416 e. The number of piperidine rings is 1. The van der Waals surface area contributed by atoms with E-state index in [2.05, 4.69) is 36.7 Å². The third kappa shape index (κ3) is 5.53. The highest BCUT2D eigenvalue weighted by molar-refractivity contribution is 5.94. The number of likely N-dealkylation sites (tertiary alicyclic amines) is 1. The molecule has 1 amide bonds. The van der Waals surface area contributed by atoms with E-state index in [9.17, 15) is 23.1 Å². The fraction of sp³-hybridized carbons (Fsp3) is 0.462. The summed E-state index contributed by atoms with van der Waals surface area (Å²) < 4.78 is 52.0. The van der Waals surface area contributed by atoms with Crippen molar-refractivity contribution in [2.75, 3.05) is 26.7 Å². The zero-order chi connectivity index (χ0) is 33.8. The van der Waals surface area contributed by atoms with Crippen LogP contribution in [0.4, 0.5) is 13.2 Å². The normalized spacial score (nSPS) is 26.2. The lowest BCUT2D eigenvalue weighted by atomic mass is 9.51. The first-order valence-corrected chi connectivity index (χ1v) is 16.8. The number of ether oxygens (including phenoxy) is 2. The number of carbonyl (C=O) groups is 1. The number of hydrogen-bond donors (Lipinski definition) is 1. The van der Waals surface area contributed by atoms with Gasteiger partial charge in [0.2, 0.25) is 0 Å². The monoisotopic (exact) mass is 658 g/mol. The van der Waals surface area contributed by atoms with E-state index >= 15 is 0 Å². The van der Waals surface area contributed by atoms with Gasteiger partial charge >= 0.3 is 6.18 Å². The molecule has 2 aliphatic heterocycles. The van der Waals surface area contributed by atoms with Crippen molar-refractivity contribution in [3.05, 3.63) is 94.5 Å². The fourth-order valence-electron chi connectivity index (χ4n) is 9.00. The number of rotatable bonds is 7. The van der Waals surface area contributed by atoms with E-state index in [4.69, 9.17) is 9.47 Å². The van der Waals surface area contributed by atoms with E-state index in [0.717, 1.165) is 55.7 Å². The van der Waals surface area contributed by atoms with Crippen molar-refractivity contribution in [3.8, 4) is 23.3 Å². The summed E-state index contributed by atoms with van der Waals surface area (Å²) in [6.07, 6.45) is -2.04. The van der Waals surface area contributed by atoms with Crippen LogP contribution in [0.3, 0.4) is 0 Å². The average molecular weight is 659 g/mol. The molecule has 1 saturated heterocycles. The Hall–Kier alpha value is -4.00. The molecule has 6 atom stereocenters. The van der Waals surface area contributed by atoms with Crippen LogP contribution >= 0.6 is 0 Å². The van der Waals surface area contributed by atoms with Gasteiger partial charge in [-0.15, -0.1) is 0 Å². The molecular formula is C39H41F3N2O4. The Morgan fingerprint density at radius 2 is 1.85 bits per heavy atom.